The summed E-state index contributed by atoms with van der Waals surface area (Å²) in [5.74, 6) is 0. The normalized spacial score (nSPS) is 12.4. The molecule has 0 saturated heterocycles. The van der Waals surface area contributed by atoms with Gasteiger partial charge in [-0.05, 0) is 62.1 Å². The Kier molecular flexibility index (Phi) is 5.30. The van der Waals surface area contributed by atoms with Crippen LogP contribution in [-0.4, -0.2) is 6.04 Å². The van der Waals surface area contributed by atoms with Crippen molar-refractivity contribution >= 4 is 27.7 Å². The van der Waals surface area contributed by atoms with Crippen LogP contribution in [0.2, 0.25) is 0 Å². The highest BCUT2D eigenvalue weighted by Crippen LogP contribution is 2.35. The number of rotatable bonds is 4. The minimum absolute atomic E-state index is 0.175. The van der Waals surface area contributed by atoms with Gasteiger partial charge >= 0.3 is 0 Å². The molecule has 0 aliphatic rings. The predicted molar refractivity (Wildman–Crippen MR) is 91.5 cm³/mol. The molecule has 3 heteroatoms. The average molecular weight is 350 g/mol. The quantitative estimate of drug-likeness (QED) is 0.830. The Labute approximate surface area is 134 Å². The van der Waals surface area contributed by atoms with Gasteiger partial charge in [0.05, 0.1) is 0 Å². The van der Waals surface area contributed by atoms with Crippen LogP contribution in [0.25, 0.3) is 0 Å². The van der Waals surface area contributed by atoms with Crippen LogP contribution in [0.4, 0.5) is 0 Å². The molecule has 2 rings (SSSR count). The first-order chi connectivity index (χ1) is 9.45. The van der Waals surface area contributed by atoms with Crippen molar-refractivity contribution < 1.29 is 0 Å². The van der Waals surface area contributed by atoms with E-state index in [1.54, 1.807) is 0 Å². The van der Waals surface area contributed by atoms with Gasteiger partial charge in [0.2, 0.25) is 0 Å². The molecular weight excluding hydrogens is 330 g/mol. The maximum atomic E-state index is 5.96. The zero-order valence-corrected chi connectivity index (χ0v) is 14.5. The molecule has 2 aromatic carbocycles. The molecule has 0 fully saturated rings. The second-order valence-electron chi connectivity index (χ2n) is 5.30. The molecule has 0 amide bonds. The van der Waals surface area contributed by atoms with Gasteiger partial charge in [-0.2, -0.15) is 0 Å². The van der Waals surface area contributed by atoms with Crippen LogP contribution >= 0.6 is 27.7 Å². The van der Waals surface area contributed by atoms with Gasteiger partial charge in [-0.25, -0.2) is 0 Å². The van der Waals surface area contributed by atoms with Gasteiger partial charge in [-0.15, -0.1) is 0 Å². The van der Waals surface area contributed by atoms with Crippen molar-refractivity contribution in [2.75, 3.05) is 0 Å². The van der Waals surface area contributed by atoms with Crippen LogP contribution in [0.15, 0.2) is 50.7 Å². The standard InChI is InChI=1S/C17H20BrNS/c1-11-4-5-12(2)16(8-11)20-17-10-15(18)7-6-14(17)9-13(3)19/h4-8,10,13H,9,19H2,1-3H3. The summed E-state index contributed by atoms with van der Waals surface area (Å²) in [5, 5.41) is 0. The van der Waals surface area contributed by atoms with Gasteiger partial charge in [0, 0.05) is 20.3 Å². The van der Waals surface area contributed by atoms with Gasteiger partial charge in [-0.3, -0.25) is 0 Å². The first kappa shape index (κ1) is 15.6. The van der Waals surface area contributed by atoms with E-state index < -0.39 is 0 Å². The smallest absolute Gasteiger partial charge is 0.0186 e. The molecule has 1 atom stereocenters. The van der Waals surface area contributed by atoms with Gasteiger partial charge in [0.25, 0.3) is 0 Å². The van der Waals surface area contributed by atoms with Crippen molar-refractivity contribution in [2.24, 2.45) is 5.73 Å². The molecule has 0 aliphatic heterocycles. The van der Waals surface area contributed by atoms with Crippen molar-refractivity contribution in [3.8, 4) is 0 Å². The third-order valence-electron chi connectivity index (χ3n) is 3.13. The maximum absolute atomic E-state index is 5.96. The molecule has 0 aliphatic carbocycles. The van der Waals surface area contributed by atoms with E-state index in [4.69, 9.17) is 5.73 Å². The van der Waals surface area contributed by atoms with Gasteiger partial charge < -0.3 is 5.73 Å². The van der Waals surface area contributed by atoms with E-state index in [0.29, 0.717) is 0 Å². The Morgan fingerprint density at radius 3 is 2.55 bits per heavy atom. The number of aryl methyl sites for hydroxylation is 2. The molecule has 0 saturated carbocycles. The minimum Gasteiger partial charge on any atom is -0.328 e. The van der Waals surface area contributed by atoms with E-state index in [-0.39, 0.29) is 6.04 Å². The Hall–Kier alpha value is -0.770. The SMILES string of the molecule is Cc1ccc(C)c(Sc2cc(Br)ccc2CC(C)N)c1. The van der Waals surface area contributed by atoms with Crippen LogP contribution in [0, 0.1) is 13.8 Å². The Morgan fingerprint density at radius 2 is 1.85 bits per heavy atom. The van der Waals surface area contributed by atoms with Crippen LogP contribution in [0.3, 0.4) is 0 Å². The summed E-state index contributed by atoms with van der Waals surface area (Å²) in [4.78, 5) is 2.60. The van der Waals surface area contributed by atoms with Crippen LogP contribution in [-0.2, 0) is 6.42 Å². The summed E-state index contributed by atoms with van der Waals surface area (Å²) in [5.41, 5.74) is 9.88. The fraction of sp³-hybridized carbons (Fsp3) is 0.294. The van der Waals surface area contributed by atoms with Gasteiger partial charge in [-0.1, -0.05) is 45.9 Å². The maximum Gasteiger partial charge on any atom is 0.0186 e. The lowest BCUT2D eigenvalue weighted by atomic mass is 10.1. The average Bonchev–Trinajstić information content (AvgIpc) is 2.37. The summed E-state index contributed by atoms with van der Waals surface area (Å²) < 4.78 is 1.11. The molecule has 1 nitrogen and oxygen atoms in total. The highest BCUT2D eigenvalue weighted by Gasteiger charge is 2.09. The second kappa shape index (κ2) is 6.79. The predicted octanol–water partition coefficient (Wildman–Crippen LogP) is 5.11. The van der Waals surface area contributed by atoms with Gasteiger partial charge in [0.15, 0.2) is 0 Å². The number of hydrogen-bond acceptors (Lipinski definition) is 2. The first-order valence-corrected chi connectivity index (χ1v) is 8.36. The highest BCUT2D eigenvalue weighted by molar-refractivity contribution is 9.10. The Bertz CT molecular complexity index is 608. The fourth-order valence-electron chi connectivity index (χ4n) is 2.07. The van der Waals surface area contributed by atoms with Crippen molar-refractivity contribution in [2.45, 2.75) is 43.0 Å². The molecule has 106 valence electrons. The van der Waals surface area contributed by atoms with Crippen LogP contribution in [0.5, 0.6) is 0 Å². The third-order valence-corrected chi connectivity index (χ3v) is 4.89. The molecular formula is C17H20BrNS. The van der Waals surface area contributed by atoms with Crippen molar-refractivity contribution in [3.05, 3.63) is 57.6 Å². The molecule has 0 heterocycles. The van der Waals surface area contributed by atoms with Crippen LogP contribution in [0.1, 0.15) is 23.6 Å². The number of benzene rings is 2. The molecule has 0 spiro atoms. The van der Waals surface area contributed by atoms with Crippen molar-refractivity contribution in [1.82, 2.24) is 0 Å². The molecule has 0 radical (unpaired) electrons. The summed E-state index contributed by atoms with van der Waals surface area (Å²) in [7, 11) is 0. The van der Waals surface area contributed by atoms with Crippen LogP contribution < -0.4 is 5.73 Å². The Balaban J connectivity index is 2.36. The monoisotopic (exact) mass is 349 g/mol. The summed E-state index contributed by atoms with van der Waals surface area (Å²) in [6.07, 6.45) is 0.903. The van der Waals surface area contributed by atoms with Gasteiger partial charge in [0.1, 0.15) is 0 Å². The highest BCUT2D eigenvalue weighted by atomic mass is 79.9. The molecule has 2 N–H and O–H groups in total. The minimum atomic E-state index is 0.175. The molecule has 1 unspecified atom stereocenters. The first-order valence-electron chi connectivity index (χ1n) is 6.75. The number of halogens is 1. The summed E-state index contributed by atoms with van der Waals surface area (Å²) in [6, 6.07) is 13.2. The zero-order valence-electron chi connectivity index (χ0n) is 12.1. The summed E-state index contributed by atoms with van der Waals surface area (Å²) in [6.45, 7) is 6.34. The van der Waals surface area contributed by atoms with E-state index in [9.17, 15) is 0 Å². The topological polar surface area (TPSA) is 26.0 Å². The van der Waals surface area contributed by atoms with E-state index in [2.05, 4.69) is 73.1 Å². The third kappa shape index (κ3) is 4.11. The second-order valence-corrected chi connectivity index (χ2v) is 7.30. The van der Waals surface area contributed by atoms with E-state index in [1.165, 1.54) is 26.5 Å². The largest absolute Gasteiger partial charge is 0.328 e. The number of nitrogens with two attached hydrogens (primary N) is 1. The fourth-order valence-corrected chi connectivity index (χ4v) is 3.77. The van der Waals surface area contributed by atoms with E-state index in [1.807, 2.05) is 11.8 Å². The number of hydrogen-bond donors (Lipinski definition) is 1. The molecule has 0 aromatic heterocycles. The molecule has 0 bridgehead atoms. The molecule has 20 heavy (non-hydrogen) atoms. The van der Waals surface area contributed by atoms with Crippen molar-refractivity contribution in [1.29, 1.82) is 0 Å². The lowest BCUT2D eigenvalue weighted by Crippen LogP contribution is -2.18. The molecule has 2 aromatic rings. The Morgan fingerprint density at radius 1 is 1.10 bits per heavy atom. The van der Waals surface area contributed by atoms with E-state index in [0.717, 1.165) is 10.9 Å². The lowest BCUT2D eigenvalue weighted by Gasteiger charge is -2.13. The van der Waals surface area contributed by atoms with Crippen molar-refractivity contribution in [3.63, 3.8) is 0 Å². The zero-order chi connectivity index (χ0) is 14.7. The van der Waals surface area contributed by atoms with E-state index >= 15 is 0 Å². The summed E-state index contributed by atoms with van der Waals surface area (Å²) >= 11 is 5.39. The lowest BCUT2D eigenvalue weighted by molar-refractivity contribution is 0.729.